The van der Waals surface area contributed by atoms with Crippen molar-refractivity contribution in [2.24, 2.45) is 0 Å². The molecule has 0 amide bonds. The van der Waals surface area contributed by atoms with Crippen molar-refractivity contribution >= 4 is 17.2 Å². The van der Waals surface area contributed by atoms with Gasteiger partial charge in [-0.25, -0.2) is 9.97 Å². The Labute approximate surface area is 153 Å². The predicted molar refractivity (Wildman–Crippen MR) is 104 cm³/mol. The first-order valence-electron chi connectivity index (χ1n) is 8.42. The van der Waals surface area contributed by atoms with Crippen molar-refractivity contribution in [3.05, 3.63) is 83.9 Å². The third-order valence-corrected chi connectivity index (χ3v) is 4.11. The highest BCUT2D eigenvalue weighted by atomic mass is 16.1. The Balaban J connectivity index is 1.83. The maximum atomic E-state index is 12.6. The Morgan fingerprint density at radius 2 is 1.85 bits per heavy atom. The number of aromatic nitrogens is 2. The highest BCUT2D eigenvalue weighted by Crippen LogP contribution is 2.25. The van der Waals surface area contributed by atoms with Gasteiger partial charge in [-0.3, -0.25) is 4.79 Å². The molecule has 4 nitrogen and oxygen atoms in total. The Kier molecular flexibility index (Phi) is 5.40. The van der Waals surface area contributed by atoms with Crippen molar-refractivity contribution in [1.29, 1.82) is 0 Å². The lowest BCUT2D eigenvalue weighted by atomic mass is 10.0. The molecule has 4 heteroatoms. The van der Waals surface area contributed by atoms with E-state index >= 15 is 0 Å². The average molecular weight is 341 g/mol. The van der Waals surface area contributed by atoms with Crippen molar-refractivity contribution in [2.75, 3.05) is 11.4 Å². The van der Waals surface area contributed by atoms with Gasteiger partial charge in [-0.1, -0.05) is 30.2 Å². The van der Waals surface area contributed by atoms with Gasteiger partial charge < -0.3 is 4.90 Å². The summed E-state index contributed by atoms with van der Waals surface area (Å²) in [6.07, 6.45) is 10.8. The summed E-state index contributed by atoms with van der Waals surface area (Å²) < 4.78 is 0. The van der Waals surface area contributed by atoms with Crippen LogP contribution in [0.25, 0.3) is 0 Å². The highest BCUT2D eigenvalue weighted by molar-refractivity contribution is 5.97. The van der Waals surface area contributed by atoms with Gasteiger partial charge in [0.05, 0.1) is 18.1 Å². The number of terminal acetylenes is 1. The van der Waals surface area contributed by atoms with Crippen molar-refractivity contribution < 1.29 is 4.79 Å². The van der Waals surface area contributed by atoms with Crippen LogP contribution in [0.3, 0.4) is 0 Å². The lowest BCUT2D eigenvalue weighted by molar-refractivity contribution is 0.0993. The number of Topliss-reactive ketones (excluding diaryl/α,β-unsaturated/α-hetero) is 1. The number of hydrogen-bond acceptors (Lipinski definition) is 4. The molecule has 128 valence electrons. The zero-order valence-electron chi connectivity index (χ0n) is 14.6. The smallest absolute Gasteiger partial charge is 0.167 e. The van der Waals surface area contributed by atoms with E-state index in [4.69, 9.17) is 6.42 Å². The van der Waals surface area contributed by atoms with Gasteiger partial charge in [0.1, 0.15) is 6.33 Å². The normalized spacial score (nSPS) is 10.2. The zero-order valence-corrected chi connectivity index (χ0v) is 14.6. The topological polar surface area (TPSA) is 46.1 Å². The van der Waals surface area contributed by atoms with Crippen molar-refractivity contribution in [2.45, 2.75) is 13.3 Å². The van der Waals surface area contributed by atoms with Crippen LogP contribution in [0.2, 0.25) is 0 Å². The molecule has 1 heterocycles. The van der Waals surface area contributed by atoms with Gasteiger partial charge in [0.2, 0.25) is 0 Å². The Hall–Kier alpha value is -3.45. The minimum atomic E-state index is 0.0466. The van der Waals surface area contributed by atoms with Gasteiger partial charge in [-0.15, -0.1) is 6.42 Å². The molecule has 0 bridgehead atoms. The second kappa shape index (κ2) is 8.09. The fraction of sp³-hybridized carbons (Fsp3) is 0.136. The number of benzene rings is 2. The van der Waals surface area contributed by atoms with E-state index in [2.05, 4.69) is 27.7 Å². The number of ketones is 1. The molecule has 0 saturated heterocycles. The molecule has 0 fully saturated rings. The summed E-state index contributed by atoms with van der Waals surface area (Å²) in [6.45, 7) is 2.84. The summed E-state index contributed by atoms with van der Waals surface area (Å²) in [5, 5.41) is 0. The van der Waals surface area contributed by atoms with Crippen LogP contribution < -0.4 is 4.90 Å². The summed E-state index contributed by atoms with van der Waals surface area (Å²) in [7, 11) is 0. The van der Waals surface area contributed by atoms with Gasteiger partial charge in [0.15, 0.2) is 5.78 Å². The van der Waals surface area contributed by atoms with E-state index in [1.54, 1.807) is 24.5 Å². The van der Waals surface area contributed by atoms with E-state index < -0.39 is 0 Å². The summed E-state index contributed by atoms with van der Waals surface area (Å²) >= 11 is 0. The molecule has 26 heavy (non-hydrogen) atoms. The summed E-state index contributed by atoms with van der Waals surface area (Å²) in [5.74, 6) is 2.61. The van der Waals surface area contributed by atoms with E-state index in [-0.39, 0.29) is 5.78 Å². The molecule has 0 spiro atoms. The molecular weight excluding hydrogens is 322 g/mol. The first-order chi connectivity index (χ1) is 12.7. The van der Waals surface area contributed by atoms with E-state index in [0.717, 1.165) is 23.5 Å². The molecule has 0 atom stereocenters. The van der Waals surface area contributed by atoms with Crippen LogP contribution in [0.15, 0.2) is 67.3 Å². The van der Waals surface area contributed by atoms with E-state index in [1.807, 2.05) is 36.4 Å². The van der Waals surface area contributed by atoms with E-state index in [0.29, 0.717) is 17.5 Å². The molecule has 0 radical (unpaired) electrons. The Bertz CT molecular complexity index is 945. The van der Waals surface area contributed by atoms with Crippen molar-refractivity contribution in [3.8, 4) is 12.3 Å². The van der Waals surface area contributed by atoms with E-state index in [1.165, 1.54) is 6.33 Å². The monoisotopic (exact) mass is 341 g/mol. The van der Waals surface area contributed by atoms with Crippen LogP contribution >= 0.6 is 0 Å². The highest BCUT2D eigenvalue weighted by Gasteiger charge is 2.11. The van der Waals surface area contributed by atoms with Crippen molar-refractivity contribution in [1.82, 2.24) is 9.97 Å². The molecule has 0 aliphatic carbocycles. The van der Waals surface area contributed by atoms with Gasteiger partial charge >= 0.3 is 0 Å². The van der Waals surface area contributed by atoms with Crippen LogP contribution in [0.1, 0.15) is 28.4 Å². The first kappa shape index (κ1) is 17.4. The standard InChI is InChI=1S/C22H19N3O/c1-3-17-7-5-9-19(11-17)22(26)13-18-8-6-10-20(12-18)25(4-2)21-14-23-16-24-15-21/h1,5-12,14-16H,4,13H2,2H3. The average Bonchev–Trinajstić information content (AvgIpc) is 2.70. The minimum Gasteiger partial charge on any atom is -0.339 e. The maximum Gasteiger partial charge on any atom is 0.167 e. The number of nitrogens with zero attached hydrogens (tertiary/aromatic N) is 3. The second-order valence-corrected chi connectivity index (χ2v) is 5.84. The first-order valence-corrected chi connectivity index (χ1v) is 8.42. The molecule has 1 aromatic heterocycles. The second-order valence-electron chi connectivity index (χ2n) is 5.84. The third kappa shape index (κ3) is 3.96. The number of carbonyl (C=O) groups excluding carboxylic acids is 1. The predicted octanol–water partition coefficient (Wildman–Crippen LogP) is 4.04. The molecule has 3 aromatic rings. The molecule has 0 aliphatic rings. The zero-order chi connectivity index (χ0) is 18.4. The quantitative estimate of drug-likeness (QED) is 0.501. The Morgan fingerprint density at radius 1 is 1.08 bits per heavy atom. The van der Waals surface area contributed by atoms with Crippen LogP contribution in [-0.2, 0) is 6.42 Å². The molecular formula is C22H19N3O. The number of hydrogen-bond donors (Lipinski definition) is 0. The van der Waals surface area contributed by atoms with Gasteiger partial charge in [0, 0.05) is 29.8 Å². The molecule has 0 unspecified atom stereocenters. The van der Waals surface area contributed by atoms with Crippen LogP contribution in [0, 0.1) is 12.3 Å². The fourth-order valence-corrected chi connectivity index (χ4v) is 2.85. The van der Waals surface area contributed by atoms with Gasteiger partial charge in [0.25, 0.3) is 0 Å². The van der Waals surface area contributed by atoms with Gasteiger partial charge in [-0.05, 0) is 36.8 Å². The number of carbonyl (C=O) groups is 1. The molecule has 0 aliphatic heterocycles. The minimum absolute atomic E-state index is 0.0466. The lowest BCUT2D eigenvalue weighted by Crippen LogP contribution is -2.16. The number of anilines is 2. The summed E-state index contributed by atoms with van der Waals surface area (Å²) in [4.78, 5) is 22.9. The third-order valence-electron chi connectivity index (χ3n) is 4.11. The maximum absolute atomic E-state index is 12.6. The van der Waals surface area contributed by atoms with E-state index in [9.17, 15) is 4.79 Å². The van der Waals surface area contributed by atoms with Gasteiger partial charge in [-0.2, -0.15) is 0 Å². The summed E-state index contributed by atoms with van der Waals surface area (Å²) in [6, 6.07) is 15.1. The number of rotatable bonds is 6. The largest absolute Gasteiger partial charge is 0.339 e. The molecule has 0 saturated carbocycles. The Morgan fingerprint density at radius 3 is 2.58 bits per heavy atom. The molecule has 0 N–H and O–H groups in total. The molecule has 2 aromatic carbocycles. The van der Waals surface area contributed by atoms with Crippen LogP contribution in [0.4, 0.5) is 11.4 Å². The fourth-order valence-electron chi connectivity index (χ4n) is 2.85. The van der Waals surface area contributed by atoms with Crippen molar-refractivity contribution in [3.63, 3.8) is 0 Å². The SMILES string of the molecule is C#Cc1cccc(C(=O)Cc2cccc(N(CC)c3cncnc3)c2)c1. The lowest BCUT2D eigenvalue weighted by Gasteiger charge is -2.23. The van der Waals surface area contributed by atoms with Crippen LogP contribution in [-0.4, -0.2) is 22.3 Å². The molecule has 3 rings (SSSR count). The summed E-state index contributed by atoms with van der Waals surface area (Å²) in [5.41, 5.74) is 4.22. The van der Waals surface area contributed by atoms with Crippen LogP contribution in [0.5, 0.6) is 0 Å².